The van der Waals surface area contributed by atoms with Gasteiger partial charge in [-0.2, -0.15) is 0 Å². The van der Waals surface area contributed by atoms with E-state index in [-0.39, 0.29) is 24.9 Å². The number of fused-ring (bicyclic) bond motifs is 1. The third kappa shape index (κ3) is 4.52. The van der Waals surface area contributed by atoms with Gasteiger partial charge in [-0.1, -0.05) is 40.1 Å². The van der Waals surface area contributed by atoms with Crippen molar-refractivity contribution in [1.82, 2.24) is 0 Å². The molecule has 2 N–H and O–H groups in total. The van der Waals surface area contributed by atoms with E-state index in [2.05, 4.69) is 20.3 Å². The average molecular weight is 407 g/mol. The first kappa shape index (κ1) is 19.3. The van der Waals surface area contributed by atoms with Crippen molar-refractivity contribution in [2.45, 2.75) is 21.5 Å². The molecule has 0 bridgehead atoms. The van der Waals surface area contributed by atoms with Crippen molar-refractivity contribution < 1.29 is 15.2 Å². The maximum atomic E-state index is 9.72. The summed E-state index contributed by atoms with van der Waals surface area (Å²) in [5.41, 5.74) is 8.81. The highest BCUT2D eigenvalue weighted by atomic mass is 35.5. The molecule has 1 aliphatic heterocycles. The smallest absolute Gasteiger partial charge is 0.140 e. The normalized spacial score (nSPS) is 18.9. The van der Waals surface area contributed by atoms with Gasteiger partial charge in [-0.25, -0.2) is 0 Å². The van der Waals surface area contributed by atoms with Crippen molar-refractivity contribution in [3.8, 4) is 0 Å². The van der Waals surface area contributed by atoms with Crippen LogP contribution in [0.3, 0.4) is 0 Å². The van der Waals surface area contributed by atoms with E-state index < -0.39 is 0 Å². The maximum Gasteiger partial charge on any atom is 0.140 e. The fourth-order valence-electron chi connectivity index (χ4n) is 1.98. The number of halogens is 2. The van der Waals surface area contributed by atoms with Crippen LogP contribution < -0.4 is 0 Å². The van der Waals surface area contributed by atoms with Crippen LogP contribution >= 0.6 is 46.7 Å². The lowest BCUT2D eigenvalue weighted by Gasteiger charge is -2.28. The van der Waals surface area contributed by atoms with Gasteiger partial charge in [0.15, 0.2) is 0 Å². The van der Waals surface area contributed by atoms with E-state index >= 15 is 0 Å². The molecule has 0 aliphatic carbocycles. The first-order chi connectivity index (χ1) is 11.6. The number of aliphatic hydroxyl groups is 2. The second-order valence-electron chi connectivity index (χ2n) is 4.43. The second kappa shape index (κ2) is 9.43. The third-order valence-corrected chi connectivity index (χ3v) is 6.83. The molecule has 1 heterocycles. The van der Waals surface area contributed by atoms with Crippen molar-refractivity contribution >= 4 is 52.9 Å². The molecule has 0 saturated carbocycles. The minimum absolute atomic E-state index is 0.119. The second-order valence-corrected chi connectivity index (χ2v) is 7.51. The van der Waals surface area contributed by atoms with Gasteiger partial charge in [0.2, 0.25) is 0 Å². The first-order valence-electron chi connectivity index (χ1n) is 6.63. The van der Waals surface area contributed by atoms with E-state index in [1.54, 1.807) is 12.1 Å². The average Bonchev–Trinajstić information content (AvgIpc) is 2.60. The Bertz CT molecular complexity index is 723. The molecule has 1 atom stereocenters. The predicted octanol–water partition coefficient (Wildman–Crippen LogP) is 4.42. The summed E-state index contributed by atoms with van der Waals surface area (Å²) in [7, 11) is 0. The number of hydrogen-bond donors (Lipinski definition) is 2. The minimum atomic E-state index is -0.286. The summed E-state index contributed by atoms with van der Waals surface area (Å²) in [6, 6.07) is 3.42. The molecule has 24 heavy (non-hydrogen) atoms. The number of aliphatic hydroxyl groups excluding tert-OH is 2. The standard InChI is InChI=1S/C13H12Cl2N4O3S2/c14-8-1-2-9(15)13-12(8)23-10(6-21)11(24-13)7(3-4-20)5-17-22-19-18-16/h1-2,5,10,20-21H,3-4,6H2/b11-7-,17-5+. The summed E-state index contributed by atoms with van der Waals surface area (Å²) in [5.74, 6) is 0. The van der Waals surface area contributed by atoms with Crippen molar-refractivity contribution in [3.05, 3.63) is 43.1 Å². The van der Waals surface area contributed by atoms with Crippen molar-refractivity contribution in [1.29, 1.82) is 0 Å². The fraction of sp³-hybridized carbons (Fsp3) is 0.308. The van der Waals surface area contributed by atoms with E-state index in [9.17, 15) is 10.2 Å². The van der Waals surface area contributed by atoms with Crippen LogP contribution in [0.2, 0.25) is 10.0 Å². The lowest BCUT2D eigenvalue weighted by Crippen LogP contribution is -2.17. The number of hydrogen-bond acceptors (Lipinski definition) is 7. The molecular weight excluding hydrogens is 395 g/mol. The maximum absolute atomic E-state index is 9.72. The van der Waals surface area contributed by atoms with Crippen molar-refractivity contribution in [2.24, 2.45) is 10.4 Å². The molecule has 0 fully saturated rings. The van der Waals surface area contributed by atoms with Crippen LogP contribution in [0, 0.1) is 0 Å². The van der Waals surface area contributed by atoms with Crippen LogP contribution in [0.4, 0.5) is 0 Å². The van der Waals surface area contributed by atoms with Gasteiger partial charge in [-0.3, -0.25) is 4.94 Å². The molecule has 1 aliphatic rings. The Morgan fingerprint density at radius 3 is 2.67 bits per heavy atom. The predicted molar refractivity (Wildman–Crippen MR) is 96.5 cm³/mol. The Hall–Kier alpha value is -1.06. The van der Waals surface area contributed by atoms with Gasteiger partial charge in [0.1, 0.15) is 5.28 Å². The van der Waals surface area contributed by atoms with Gasteiger partial charge in [-0.15, -0.1) is 11.8 Å². The Balaban J connectivity index is 2.45. The van der Waals surface area contributed by atoms with Crippen LogP contribution in [0.25, 0.3) is 10.4 Å². The number of benzene rings is 1. The molecule has 2 rings (SSSR count). The Labute approximate surface area is 156 Å². The number of oxime groups is 1. The summed E-state index contributed by atoms with van der Waals surface area (Å²) in [6.07, 6.45) is 1.63. The van der Waals surface area contributed by atoms with Crippen LogP contribution in [-0.2, 0) is 4.94 Å². The van der Waals surface area contributed by atoms with Crippen molar-refractivity contribution in [3.63, 3.8) is 0 Å². The molecule has 0 radical (unpaired) electrons. The molecule has 0 aromatic heterocycles. The monoisotopic (exact) mass is 406 g/mol. The Kier molecular flexibility index (Phi) is 7.57. The van der Waals surface area contributed by atoms with E-state index in [0.29, 0.717) is 15.6 Å². The number of thioether (sulfide) groups is 2. The summed E-state index contributed by atoms with van der Waals surface area (Å²) in [4.78, 5) is 9.16. The first-order valence-corrected chi connectivity index (χ1v) is 9.08. The molecule has 0 spiro atoms. The molecular formula is C13H12Cl2N4O3S2. The molecule has 1 aromatic carbocycles. The molecule has 0 amide bonds. The number of rotatable bonds is 6. The van der Waals surface area contributed by atoms with Gasteiger partial charge >= 0.3 is 0 Å². The van der Waals surface area contributed by atoms with Crippen LogP contribution in [0.1, 0.15) is 6.42 Å². The highest BCUT2D eigenvalue weighted by molar-refractivity contribution is 8.09. The highest BCUT2D eigenvalue weighted by Gasteiger charge is 2.29. The SMILES string of the molecule is [N-]=[N+]=NO/N=C/C(CCO)=C1\Sc2c(Cl)ccc(Cl)c2SC1CO. The van der Waals surface area contributed by atoms with E-state index in [1.807, 2.05) is 0 Å². The molecule has 11 heteroatoms. The van der Waals surface area contributed by atoms with E-state index in [1.165, 1.54) is 29.7 Å². The molecule has 0 saturated heterocycles. The summed E-state index contributed by atoms with van der Waals surface area (Å²) in [6.45, 7) is -0.249. The molecule has 7 nitrogen and oxygen atoms in total. The quantitative estimate of drug-likeness (QED) is 0.239. The largest absolute Gasteiger partial charge is 0.396 e. The van der Waals surface area contributed by atoms with Crippen LogP contribution in [-0.4, -0.2) is 34.9 Å². The van der Waals surface area contributed by atoms with Gasteiger partial charge < -0.3 is 10.2 Å². The van der Waals surface area contributed by atoms with Crippen molar-refractivity contribution in [2.75, 3.05) is 13.2 Å². The summed E-state index contributed by atoms with van der Waals surface area (Å²) in [5, 5.41) is 26.2. The zero-order valence-corrected chi connectivity index (χ0v) is 15.2. The zero-order valence-electron chi connectivity index (χ0n) is 12.1. The molecule has 1 aromatic rings. The summed E-state index contributed by atoms with van der Waals surface area (Å²) >= 11 is 15.2. The number of nitrogens with zero attached hydrogens (tertiary/aromatic N) is 4. The zero-order chi connectivity index (χ0) is 17.5. The van der Waals surface area contributed by atoms with Crippen LogP contribution in [0.5, 0.6) is 0 Å². The van der Waals surface area contributed by atoms with Gasteiger partial charge in [0.05, 0.1) is 28.1 Å². The van der Waals surface area contributed by atoms with Crippen LogP contribution in [0.15, 0.2) is 42.8 Å². The van der Waals surface area contributed by atoms with Gasteiger partial charge in [0.25, 0.3) is 0 Å². The molecule has 1 unspecified atom stereocenters. The summed E-state index contributed by atoms with van der Waals surface area (Å²) < 4.78 is 0. The van der Waals surface area contributed by atoms with E-state index in [0.717, 1.165) is 14.7 Å². The minimum Gasteiger partial charge on any atom is -0.396 e. The highest BCUT2D eigenvalue weighted by Crippen LogP contribution is 2.53. The fourth-order valence-corrected chi connectivity index (χ4v) is 5.31. The van der Waals surface area contributed by atoms with Gasteiger partial charge in [0, 0.05) is 26.2 Å². The topological polar surface area (TPSA) is 111 Å². The molecule has 128 valence electrons. The Morgan fingerprint density at radius 1 is 1.33 bits per heavy atom. The lowest BCUT2D eigenvalue weighted by atomic mass is 10.1. The number of azide groups is 1. The third-order valence-electron chi connectivity index (χ3n) is 2.97. The Morgan fingerprint density at radius 2 is 2.04 bits per heavy atom. The van der Waals surface area contributed by atoms with E-state index in [4.69, 9.17) is 28.7 Å². The lowest BCUT2D eigenvalue weighted by molar-refractivity contribution is 0.151. The van der Waals surface area contributed by atoms with Gasteiger partial charge in [-0.05, 0) is 29.7 Å².